The van der Waals surface area contributed by atoms with Gasteiger partial charge in [-0.15, -0.1) is 0 Å². The number of rotatable bonds is 9. The van der Waals surface area contributed by atoms with E-state index in [0.29, 0.717) is 46.0 Å². The molecule has 1 N–H and O–H groups in total. The Morgan fingerprint density at radius 1 is 1.10 bits per heavy atom. The fraction of sp³-hybridized carbons (Fsp3) is 0.185. The molecule has 0 bridgehead atoms. The maximum atomic E-state index is 12.9. The van der Waals surface area contributed by atoms with Crippen molar-refractivity contribution in [2.24, 2.45) is 0 Å². The average molecular weight is 589 g/mol. The minimum atomic E-state index is -0.640. The number of furan rings is 1. The van der Waals surface area contributed by atoms with E-state index < -0.39 is 29.6 Å². The number of benzene rings is 2. The molecule has 0 saturated carbocycles. The van der Waals surface area contributed by atoms with Crippen LogP contribution in [0.3, 0.4) is 0 Å². The third-order valence-electron chi connectivity index (χ3n) is 5.41. The summed E-state index contributed by atoms with van der Waals surface area (Å²) in [5, 5.41) is 2.62. The van der Waals surface area contributed by atoms with Gasteiger partial charge >= 0.3 is 5.97 Å². The topological polar surface area (TPSA) is 115 Å². The lowest BCUT2D eigenvalue weighted by Gasteiger charge is -2.13. The van der Waals surface area contributed by atoms with Crippen LogP contribution in [0.15, 0.2) is 57.9 Å². The number of carbonyl (C=O) groups is 4. The Morgan fingerprint density at radius 2 is 1.90 bits per heavy atom. The van der Waals surface area contributed by atoms with Crippen molar-refractivity contribution in [3.63, 3.8) is 0 Å². The maximum absolute atomic E-state index is 12.9. The predicted molar refractivity (Wildman–Crippen MR) is 149 cm³/mol. The third-order valence-corrected chi connectivity index (χ3v) is 6.88. The summed E-state index contributed by atoms with van der Waals surface area (Å²) in [6.45, 7) is 1.56. The molecule has 2 heterocycles. The van der Waals surface area contributed by atoms with Crippen LogP contribution in [0.4, 0.5) is 10.5 Å². The number of nitrogens with zero attached hydrogens (tertiary/aromatic N) is 1. The third kappa shape index (κ3) is 6.65. The number of hydrogen-bond donors (Lipinski definition) is 1. The highest BCUT2D eigenvalue weighted by molar-refractivity contribution is 8.18. The van der Waals surface area contributed by atoms with Crippen LogP contribution < -0.4 is 10.1 Å². The zero-order valence-corrected chi connectivity index (χ0v) is 23.1. The van der Waals surface area contributed by atoms with Crippen LogP contribution in [0.2, 0.25) is 10.0 Å². The molecular formula is C27H22Cl2N2O7S. The van der Waals surface area contributed by atoms with Crippen LogP contribution in [-0.4, -0.2) is 48.2 Å². The van der Waals surface area contributed by atoms with Gasteiger partial charge in [0.2, 0.25) is 5.91 Å². The van der Waals surface area contributed by atoms with E-state index in [1.54, 1.807) is 30.3 Å². The van der Waals surface area contributed by atoms with Crippen LogP contribution in [0.5, 0.6) is 5.75 Å². The summed E-state index contributed by atoms with van der Waals surface area (Å²) >= 11 is 12.9. The summed E-state index contributed by atoms with van der Waals surface area (Å²) < 4.78 is 16.3. The van der Waals surface area contributed by atoms with E-state index in [0.717, 1.165) is 4.90 Å². The van der Waals surface area contributed by atoms with Gasteiger partial charge in [0.15, 0.2) is 0 Å². The summed E-state index contributed by atoms with van der Waals surface area (Å²) in [4.78, 5) is 51.2. The van der Waals surface area contributed by atoms with Gasteiger partial charge in [0.05, 0.1) is 34.8 Å². The number of amides is 3. The zero-order valence-electron chi connectivity index (χ0n) is 20.8. The number of carbonyl (C=O) groups excluding carboxylic acids is 4. The van der Waals surface area contributed by atoms with Gasteiger partial charge in [-0.2, -0.15) is 0 Å². The second-order valence-corrected chi connectivity index (χ2v) is 10.0. The van der Waals surface area contributed by atoms with E-state index in [-0.39, 0.29) is 27.8 Å². The summed E-state index contributed by atoms with van der Waals surface area (Å²) in [6, 6.07) is 12.7. The molecule has 1 aliphatic rings. The fourth-order valence-corrected chi connectivity index (χ4v) is 4.77. The Hall–Kier alpha value is -3.73. The molecule has 1 aromatic heterocycles. The fourth-order valence-electron chi connectivity index (χ4n) is 3.59. The molecular weight excluding hydrogens is 567 g/mol. The molecule has 1 saturated heterocycles. The van der Waals surface area contributed by atoms with Gasteiger partial charge < -0.3 is 19.2 Å². The van der Waals surface area contributed by atoms with E-state index in [4.69, 9.17) is 37.1 Å². The van der Waals surface area contributed by atoms with Crippen molar-refractivity contribution in [2.45, 2.75) is 13.3 Å². The lowest BCUT2D eigenvalue weighted by Crippen LogP contribution is -2.36. The Balaban J connectivity index is 1.44. The largest absolute Gasteiger partial charge is 0.496 e. The molecule has 202 valence electrons. The number of ether oxygens (including phenoxy) is 2. The van der Waals surface area contributed by atoms with Gasteiger partial charge in [-0.3, -0.25) is 19.3 Å². The highest BCUT2D eigenvalue weighted by atomic mass is 35.5. The molecule has 1 aliphatic heterocycles. The summed E-state index contributed by atoms with van der Waals surface area (Å²) in [7, 11) is 1.52. The molecule has 9 nitrogen and oxygen atoms in total. The van der Waals surface area contributed by atoms with Crippen molar-refractivity contribution < 1.29 is 33.1 Å². The van der Waals surface area contributed by atoms with Crippen LogP contribution >= 0.6 is 35.0 Å². The molecule has 4 rings (SSSR count). The van der Waals surface area contributed by atoms with Gasteiger partial charge in [-0.05, 0) is 66.7 Å². The molecule has 39 heavy (non-hydrogen) atoms. The first kappa shape index (κ1) is 28.3. The minimum Gasteiger partial charge on any atom is -0.496 e. The van der Waals surface area contributed by atoms with Crippen molar-refractivity contribution in [3.8, 4) is 17.1 Å². The first-order valence-electron chi connectivity index (χ1n) is 11.7. The second kappa shape index (κ2) is 12.4. The highest BCUT2D eigenvalue weighted by Crippen LogP contribution is 2.36. The maximum Gasteiger partial charge on any atom is 0.339 e. The Labute approximate surface area is 238 Å². The van der Waals surface area contributed by atoms with Crippen molar-refractivity contribution in [2.75, 3.05) is 25.6 Å². The SMILES string of the molecule is CCCOC(=O)c1cc(NC(=O)CN2C(=O)S/C(=C/c3ccc(-c4cc(Cl)ccc4OC)o3)C2=O)ccc1Cl. The Kier molecular flexibility index (Phi) is 9.01. The highest BCUT2D eigenvalue weighted by Gasteiger charge is 2.36. The van der Waals surface area contributed by atoms with Crippen molar-refractivity contribution in [1.82, 2.24) is 4.90 Å². The normalized spacial score (nSPS) is 14.2. The number of methoxy groups -OCH3 is 1. The van der Waals surface area contributed by atoms with Crippen LogP contribution in [0, 0.1) is 0 Å². The van der Waals surface area contributed by atoms with Gasteiger partial charge in [0.25, 0.3) is 11.1 Å². The monoisotopic (exact) mass is 588 g/mol. The van der Waals surface area contributed by atoms with E-state index >= 15 is 0 Å². The van der Waals surface area contributed by atoms with Gasteiger partial charge in [-0.25, -0.2) is 4.79 Å². The van der Waals surface area contributed by atoms with Crippen molar-refractivity contribution in [1.29, 1.82) is 0 Å². The van der Waals surface area contributed by atoms with E-state index in [1.807, 2.05) is 6.92 Å². The standard InChI is InChI=1S/C27H22Cl2N2O7S/c1-3-10-37-26(34)18-12-16(5-7-20(18)29)30-24(32)14-31-25(33)23(39-27(31)35)13-17-6-9-22(38-17)19-11-15(28)4-8-21(19)36-2/h4-9,11-13H,3,10,14H2,1-2H3,(H,30,32)/b23-13+. The number of thioether (sulfide) groups is 1. The number of nitrogens with one attached hydrogen (secondary N) is 1. The Morgan fingerprint density at radius 3 is 2.64 bits per heavy atom. The van der Waals surface area contributed by atoms with Crippen molar-refractivity contribution in [3.05, 3.63) is 74.8 Å². The quantitative estimate of drug-likeness (QED) is 0.222. The summed E-state index contributed by atoms with van der Waals surface area (Å²) in [5.74, 6) is -0.563. The molecule has 2 aromatic carbocycles. The molecule has 0 unspecified atom stereocenters. The van der Waals surface area contributed by atoms with Crippen LogP contribution in [-0.2, 0) is 14.3 Å². The minimum absolute atomic E-state index is 0.0882. The van der Waals surface area contributed by atoms with Gasteiger partial charge in [0.1, 0.15) is 23.8 Å². The second-order valence-electron chi connectivity index (χ2n) is 8.19. The molecule has 12 heteroatoms. The lowest BCUT2D eigenvalue weighted by molar-refractivity contribution is -0.127. The zero-order chi connectivity index (χ0) is 28.1. The first-order chi connectivity index (χ1) is 18.7. The molecule has 0 atom stereocenters. The van der Waals surface area contributed by atoms with Crippen molar-refractivity contribution >= 4 is 69.8 Å². The smallest absolute Gasteiger partial charge is 0.339 e. The van der Waals surface area contributed by atoms with E-state index in [2.05, 4.69) is 5.32 Å². The lowest BCUT2D eigenvalue weighted by atomic mass is 10.1. The molecule has 3 aromatic rings. The number of esters is 1. The first-order valence-corrected chi connectivity index (χ1v) is 13.2. The number of halogens is 2. The van der Waals surface area contributed by atoms with Crippen LogP contribution in [0.25, 0.3) is 17.4 Å². The van der Waals surface area contributed by atoms with Gasteiger partial charge in [-0.1, -0.05) is 30.1 Å². The van der Waals surface area contributed by atoms with Gasteiger partial charge in [0, 0.05) is 16.8 Å². The average Bonchev–Trinajstić information content (AvgIpc) is 3.48. The number of hydrogen-bond acceptors (Lipinski definition) is 8. The summed E-state index contributed by atoms with van der Waals surface area (Å²) in [5.41, 5.74) is 0.971. The molecule has 0 aliphatic carbocycles. The number of imide groups is 1. The van der Waals surface area contributed by atoms with Crippen LogP contribution in [0.1, 0.15) is 29.5 Å². The predicted octanol–water partition coefficient (Wildman–Crippen LogP) is 6.50. The Bertz CT molecular complexity index is 1480. The number of anilines is 1. The van der Waals surface area contributed by atoms with E-state index in [1.165, 1.54) is 31.4 Å². The molecule has 0 spiro atoms. The summed E-state index contributed by atoms with van der Waals surface area (Å²) in [6.07, 6.45) is 2.07. The molecule has 1 fully saturated rings. The molecule has 0 radical (unpaired) electrons. The van der Waals surface area contributed by atoms with E-state index in [9.17, 15) is 19.2 Å². The molecule has 3 amide bonds.